The average Bonchev–Trinajstić information content (AvgIpc) is 2.40. The van der Waals surface area contributed by atoms with E-state index in [0.717, 1.165) is 13.0 Å². The molecule has 0 unspecified atom stereocenters. The van der Waals surface area contributed by atoms with Crippen molar-refractivity contribution in [3.05, 3.63) is 18.7 Å². The van der Waals surface area contributed by atoms with Crippen LogP contribution in [0.1, 0.15) is 13.3 Å². The van der Waals surface area contributed by atoms with E-state index in [4.69, 9.17) is 5.73 Å². The zero-order valence-electron chi connectivity index (χ0n) is 6.20. The Kier molecular flexibility index (Phi) is 2.45. The number of nitrogens with zero attached hydrogens (tertiary/aromatic N) is 2. The van der Waals surface area contributed by atoms with Crippen LogP contribution < -0.4 is 5.73 Å². The van der Waals surface area contributed by atoms with Gasteiger partial charge in [-0.1, -0.05) is 6.92 Å². The highest BCUT2D eigenvalue weighted by Crippen LogP contribution is 1.92. The molecular weight excluding hydrogens is 126 g/mol. The summed E-state index contributed by atoms with van der Waals surface area (Å²) in [5.41, 5.74) is 5.72. The van der Waals surface area contributed by atoms with E-state index in [1.54, 1.807) is 12.5 Å². The topological polar surface area (TPSA) is 43.8 Å². The summed E-state index contributed by atoms with van der Waals surface area (Å²) in [7, 11) is 0. The summed E-state index contributed by atoms with van der Waals surface area (Å²) in [4.78, 5) is 3.92. The van der Waals surface area contributed by atoms with E-state index in [9.17, 15) is 0 Å². The highest BCUT2D eigenvalue weighted by Gasteiger charge is 1.97. The molecule has 0 aromatic carbocycles. The summed E-state index contributed by atoms with van der Waals surface area (Å²) >= 11 is 0. The summed E-state index contributed by atoms with van der Waals surface area (Å²) < 4.78 is 1.99. The molecular formula is C7H13N3. The fourth-order valence-electron chi connectivity index (χ4n) is 0.795. The smallest absolute Gasteiger partial charge is 0.0946 e. The molecule has 0 aliphatic heterocycles. The molecule has 0 saturated heterocycles. The minimum absolute atomic E-state index is 0.259. The standard InChI is InChI=1S/C7H13N3/c1-2-7(8)5-10-4-3-9-6-10/h3-4,6-7H,2,5,8H2,1H3/t7-/m1/s1. The van der Waals surface area contributed by atoms with Gasteiger partial charge in [0.05, 0.1) is 6.33 Å². The average molecular weight is 139 g/mol. The van der Waals surface area contributed by atoms with Crippen LogP contribution in [0.5, 0.6) is 0 Å². The Bertz CT molecular complexity index is 169. The van der Waals surface area contributed by atoms with Crippen molar-refractivity contribution in [2.45, 2.75) is 25.9 Å². The van der Waals surface area contributed by atoms with Gasteiger partial charge >= 0.3 is 0 Å². The second-order valence-corrected chi connectivity index (χ2v) is 2.43. The first-order valence-electron chi connectivity index (χ1n) is 3.54. The molecule has 1 aromatic rings. The monoisotopic (exact) mass is 139 g/mol. The van der Waals surface area contributed by atoms with Crippen LogP contribution in [0.2, 0.25) is 0 Å². The van der Waals surface area contributed by atoms with E-state index in [2.05, 4.69) is 11.9 Å². The number of aromatic nitrogens is 2. The van der Waals surface area contributed by atoms with E-state index in [0.29, 0.717) is 0 Å². The van der Waals surface area contributed by atoms with Gasteiger partial charge in [0.25, 0.3) is 0 Å². The van der Waals surface area contributed by atoms with Gasteiger partial charge in [-0.3, -0.25) is 0 Å². The van der Waals surface area contributed by atoms with Gasteiger partial charge < -0.3 is 10.3 Å². The molecule has 0 amide bonds. The predicted molar refractivity (Wildman–Crippen MR) is 40.5 cm³/mol. The van der Waals surface area contributed by atoms with Crippen LogP contribution >= 0.6 is 0 Å². The SMILES string of the molecule is CC[C@@H](N)Cn1ccnc1. The van der Waals surface area contributed by atoms with Crippen LogP contribution in [0.3, 0.4) is 0 Å². The largest absolute Gasteiger partial charge is 0.336 e. The van der Waals surface area contributed by atoms with E-state index in [1.165, 1.54) is 0 Å². The number of imidazole rings is 1. The van der Waals surface area contributed by atoms with Gasteiger partial charge in [-0.05, 0) is 6.42 Å². The molecule has 0 spiro atoms. The third kappa shape index (κ3) is 1.84. The predicted octanol–water partition coefficient (Wildman–Crippen LogP) is 0.620. The fraction of sp³-hybridized carbons (Fsp3) is 0.571. The minimum atomic E-state index is 0.259. The van der Waals surface area contributed by atoms with Crippen molar-refractivity contribution in [2.75, 3.05) is 0 Å². The maximum Gasteiger partial charge on any atom is 0.0946 e. The maximum absolute atomic E-state index is 5.72. The molecule has 1 aromatic heterocycles. The molecule has 0 aliphatic rings. The Morgan fingerprint density at radius 1 is 1.70 bits per heavy atom. The highest BCUT2D eigenvalue weighted by atomic mass is 15.0. The Morgan fingerprint density at radius 2 is 2.50 bits per heavy atom. The van der Waals surface area contributed by atoms with Gasteiger partial charge in [0.15, 0.2) is 0 Å². The second kappa shape index (κ2) is 3.37. The summed E-state index contributed by atoms with van der Waals surface area (Å²) in [6.45, 7) is 2.96. The third-order valence-corrected chi connectivity index (χ3v) is 1.53. The Balaban J connectivity index is 2.40. The van der Waals surface area contributed by atoms with E-state index < -0.39 is 0 Å². The van der Waals surface area contributed by atoms with Crippen LogP contribution in [0.4, 0.5) is 0 Å². The van der Waals surface area contributed by atoms with Crippen LogP contribution in [0.25, 0.3) is 0 Å². The van der Waals surface area contributed by atoms with Crippen molar-refractivity contribution < 1.29 is 0 Å². The van der Waals surface area contributed by atoms with Gasteiger partial charge in [-0.15, -0.1) is 0 Å². The van der Waals surface area contributed by atoms with Crippen molar-refractivity contribution in [3.63, 3.8) is 0 Å². The van der Waals surface area contributed by atoms with Crippen LogP contribution in [0.15, 0.2) is 18.7 Å². The fourth-order valence-corrected chi connectivity index (χ4v) is 0.795. The van der Waals surface area contributed by atoms with Crippen molar-refractivity contribution in [1.29, 1.82) is 0 Å². The molecule has 3 heteroatoms. The Morgan fingerprint density at radius 3 is 3.00 bits per heavy atom. The first-order chi connectivity index (χ1) is 4.83. The van der Waals surface area contributed by atoms with E-state index in [1.807, 2.05) is 10.8 Å². The summed E-state index contributed by atoms with van der Waals surface area (Å²) in [5.74, 6) is 0. The molecule has 10 heavy (non-hydrogen) atoms. The van der Waals surface area contributed by atoms with Crippen molar-refractivity contribution in [3.8, 4) is 0 Å². The molecule has 1 atom stereocenters. The lowest BCUT2D eigenvalue weighted by molar-refractivity contribution is 0.538. The number of nitrogens with two attached hydrogens (primary N) is 1. The van der Waals surface area contributed by atoms with Gasteiger partial charge in [0, 0.05) is 25.0 Å². The molecule has 0 aliphatic carbocycles. The summed E-state index contributed by atoms with van der Waals surface area (Å²) in [6.07, 6.45) is 6.49. The lowest BCUT2D eigenvalue weighted by Gasteiger charge is -2.07. The first-order valence-corrected chi connectivity index (χ1v) is 3.54. The van der Waals surface area contributed by atoms with Gasteiger partial charge in [-0.2, -0.15) is 0 Å². The normalized spacial score (nSPS) is 13.4. The number of hydrogen-bond acceptors (Lipinski definition) is 2. The van der Waals surface area contributed by atoms with Crippen molar-refractivity contribution in [2.24, 2.45) is 5.73 Å². The molecule has 1 rings (SSSR count). The molecule has 3 nitrogen and oxygen atoms in total. The minimum Gasteiger partial charge on any atom is -0.336 e. The molecule has 56 valence electrons. The van der Waals surface area contributed by atoms with Crippen molar-refractivity contribution in [1.82, 2.24) is 9.55 Å². The van der Waals surface area contributed by atoms with E-state index >= 15 is 0 Å². The lowest BCUT2D eigenvalue weighted by atomic mass is 10.2. The number of hydrogen-bond donors (Lipinski definition) is 1. The van der Waals surface area contributed by atoms with Crippen LogP contribution in [-0.4, -0.2) is 15.6 Å². The van der Waals surface area contributed by atoms with Crippen molar-refractivity contribution >= 4 is 0 Å². The van der Waals surface area contributed by atoms with Gasteiger partial charge in [0.2, 0.25) is 0 Å². The zero-order chi connectivity index (χ0) is 7.40. The van der Waals surface area contributed by atoms with Gasteiger partial charge in [0.1, 0.15) is 0 Å². The molecule has 0 fully saturated rings. The Hall–Kier alpha value is -0.830. The zero-order valence-corrected chi connectivity index (χ0v) is 6.20. The van der Waals surface area contributed by atoms with Crippen LogP contribution in [-0.2, 0) is 6.54 Å². The maximum atomic E-state index is 5.72. The molecule has 2 N–H and O–H groups in total. The van der Waals surface area contributed by atoms with E-state index in [-0.39, 0.29) is 6.04 Å². The third-order valence-electron chi connectivity index (χ3n) is 1.53. The first kappa shape index (κ1) is 7.28. The summed E-state index contributed by atoms with van der Waals surface area (Å²) in [5, 5.41) is 0. The Labute approximate surface area is 60.9 Å². The number of rotatable bonds is 3. The molecule has 0 radical (unpaired) electrons. The lowest BCUT2D eigenvalue weighted by Crippen LogP contribution is -2.24. The molecule has 0 saturated carbocycles. The summed E-state index contributed by atoms with van der Waals surface area (Å²) in [6, 6.07) is 0.259. The van der Waals surface area contributed by atoms with Gasteiger partial charge in [-0.25, -0.2) is 4.98 Å². The highest BCUT2D eigenvalue weighted by molar-refractivity contribution is 4.76. The molecule has 1 heterocycles. The van der Waals surface area contributed by atoms with Crippen LogP contribution in [0, 0.1) is 0 Å². The molecule has 0 bridgehead atoms. The quantitative estimate of drug-likeness (QED) is 0.667. The second-order valence-electron chi connectivity index (χ2n) is 2.43.